The predicted molar refractivity (Wildman–Crippen MR) is 49.6 cm³/mol. The number of carbonyl (C=O) groups is 1. The number of hydrogen-bond acceptors (Lipinski definition) is 3. The molecule has 3 nitrogen and oxygen atoms in total. The molecule has 1 atom stereocenters. The molecule has 4 heteroatoms. The standard InChI is InChI=1S/C9H10O3S/c1-13(11)9-4-2-8(3-5-9)6-12-7-10/h2-5,7H,6H2,1H3. The minimum atomic E-state index is -0.953. The SMILES string of the molecule is C[S+]([O-])c1ccc(COC=O)cc1. The van der Waals surface area contributed by atoms with Crippen molar-refractivity contribution in [1.82, 2.24) is 0 Å². The van der Waals surface area contributed by atoms with Gasteiger partial charge in [-0.25, -0.2) is 0 Å². The normalized spacial score (nSPS) is 12.2. The molecule has 1 aromatic carbocycles. The molecule has 1 rings (SSSR count). The van der Waals surface area contributed by atoms with Crippen LogP contribution in [0.15, 0.2) is 29.2 Å². The summed E-state index contributed by atoms with van der Waals surface area (Å²) in [5, 5.41) is 0. The summed E-state index contributed by atoms with van der Waals surface area (Å²) in [6.45, 7) is 0.673. The highest BCUT2D eigenvalue weighted by Gasteiger charge is 2.02. The molecular weight excluding hydrogens is 188 g/mol. The fraction of sp³-hybridized carbons (Fsp3) is 0.222. The van der Waals surface area contributed by atoms with Crippen LogP contribution in [0.25, 0.3) is 0 Å². The first kappa shape index (κ1) is 10.1. The molecule has 0 aliphatic heterocycles. The highest BCUT2D eigenvalue weighted by atomic mass is 32.2. The third kappa shape index (κ3) is 3.08. The molecule has 0 aliphatic carbocycles. The van der Waals surface area contributed by atoms with E-state index in [1.54, 1.807) is 30.5 Å². The number of rotatable bonds is 4. The first-order chi connectivity index (χ1) is 6.24. The third-order valence-electron chi connectivity index (χ3n) is 1.57. The van der Waals surface area contributed by atoms with Crippen LogP contribution >= 0.6 is 0 Å². The fourth-order valence-electron chi connectivity index (χ4n) is 0.908. The van der Waals surface area contributed by atoms with Gasteiger partial charge in [0.15, 0.2) is 4.90 Å². The maximum atomic E-state index is 11.0. The van der Waals surface area contributed by atoms with Crippen LogP contribution in [0.1, 0.15) is 5.56 Å². The van der Waals surface area contributed by atoms with Crippen molar-refractivity contribution in [3.05, 3.63) is 29.8 Å². The lowest BCUT2D eigenvalue weighted by Crippen LogP contribution is -1.97. The Morgan fingerprint density at radius 2 is 2.08 bits per heavy atom. The van der Waals surface area contributed by atoms with E-state index in [2.05, 4.69) is 4.74 Å². The van der Waals surface area contributed by atoms with Crippen molar-refractivity contribution < 1.29 is 14.1 Å². The van der Waals surface area contributed by atoms with Crippen molar-refractivity contribution >= 4 is 17.6 Å². The zero-order chi connectivity index (χ0) is 9.68. The summed E-state index contributed by atoms with van der Waals surface area (Å²) in [5.41, 5.74) is 0.890. The van der Waals surface area contributed by atoms with Crippen LogP contribution in [0.4, 0.5) is 0 Å². The largest absolute Gasteiger partial charge is 0.612 e. The molecule has 1 aromatic rings. The van der Waals surface area contributed by atoms with Crippen LogP contribution in [0.5, 0.6) is 0 Å². The van der Waals surface area contributed by atoms with Crippen LogP contribution in [-0.4, -0.2) is 17.3 Å². The van der Waals surface area contributed by atoms with Crippen molar-refractivity contribution in [3.8, 4) is 0 Å². The van der Waals surface area contributed by atoms with E-state index in [-0.39, 0.29) is 6.61 Å². The van der Waals surface area contributed by atoms with Crippen molar-refractivity contribution in [2.45, 2.75) is 11.5 Å². The van der Waals surface area contributed by atoms with Crippen molar-refractivity contribution in [1.29, 1.82) is 0 Å². The monoisotopic (exact) mass is 198 g/mol. The highest BCUT2D eigenvalue weighted by Crippen LogP contribution is 2.10. The molecule has 0 N–H and O–H groups in total. The molecule has 0 saturated heterocycles. The molecule has 1 unspecified atom stereocenters. The lowest BCUT2D eigenvalue weighted by molar-refractivity contribution is -0.129. The Labute approximate surface area is 79.9 Å². The van der Waals surface area contributed by atoms with Crippen LogP contribution in [0.2, 0.25) is 0 Å². The number of ether oxygens (including phenoxy) is 1. The molecular formula is C9H10O3S. The zero-order valence-corrected chi connectivity index (χ0v) is 8.04. The smallest absolute Gasteiger partial charge is 0.293 e. The van der Waals surface area contributed by atoms with Gasteiger partial charge in [0.25, 0.3) is 6.47 Å². The maximum Gasteiger partial charge on any atom is 0.293 e. The lowest BCUT2D eigenvalue weighted by atomic mass is 10.2. The molecule has 0 radical (unpaired) electrons. The lowest BCUT2D eigenvalue weighted by Gasteiger charge is -2.04. The van der Waals surface area contributed by atoms with Gasteiger partial charge in [-0.2, -0.15) is 0 Å². The Morgan fingerprint density at radius 1 is 1.46 bits per heavy atom. The second-order valence-corrected chi connectivity index (χ2v) is 3.88. The molecule has 0 amide bonds. The highest BCUT2D eigenvalue weighted by molar-refractivity contribution is 7.90. The van der Waals surface area contributed by atoms with Crippen molar-refractivity contribution in [2.75, 3.05) is 6.26 Å². The summed E-state index contributed by atoms with van der Waals surface area (Å²) in [4.78, 5) is 10.7. The Balaban J connectivity index is 2.64. The molecule has 0 aliphatic rings. The number of benzene rings is 1. The van der Waals surface area contributed by atoms with Gasteiger partial charge in [-0.3, -0.25) is 4.79 Å². The topological polar surface area (TPSA) is 49.4 Å². The summed E-state index contributed by atoms with van der Waals surface area (Å²) in [5.74, 6) is 0. The predicted octanol–water partition coefficient (Wildman–Crippen LogP) is 1.10. The van der Waals surface area contributed by atoms with Gasteiger partial charge in [0.05, 0.1) is 0 Å². The minimum absolute atomic E-state index is 0.264. The maximum absolute atomic E-state index is 11.0. The van der Waals surface area contributed by atoms with E-state index in [1.807, 2.05) is 0 Å². The van der Waals surface area contributed by atoms with Gasteiger partial charge < -0.3 is 9.29 Å². The van der Waals surface area contributed by atoms with Crippen molar-refractivity contribution in [2.24, 2.45) is 0 Å². The van der Waals surface area contributed by atoms with Crippen LogP contribution in [-0.2, 0) is 27.3 Å². The Kier molecular flexibility index (Phi) is 3.79. The van der Waals surface area contributed by atoms with E-state index in [4.69, 9.17) is 0 Å². The quantitative estimate of drug-likeness (QED) is 0.537. The van der Waals surface area contributed by atoms with Crippen molar-refractivity contribution in [3.63, 3.8) is 0 Å². The van der Waals surface area contributed by atoms with Gasteiger partial charge >= 0.3 is 0 Å². The fourth-order valence-corrected chi connectivity index (χ4v) is 1.43. The molecule has 0 heterocycles. The van der Waals surface area contributed by atoms with E-state index in [0.29, 0.717) is 6.47 Å². The second-order valence-electron chi connectivity index (χ2n) is 2.51. The molecule has 0 aromatic heterocycles. The summed E-state index contributed by atoms with van der Waals surface area (Å²) in [7, 11) is 0. The summed E-state index contributed by atoms with van der Waals surface area (Å²) < 4.78 is 15.6. The average molecular weight is 198 g/mol. The van der Waals surface area contributed by atoms with Gasteiger partial charge in [-0.1, -0.05) is 12.1 Å². The summed E-state index contributed by atoms with van der Waals surface area (Å²) in [6, 6.07) is 7.11. The second kappa shape index (κ2) is 4.89. The molecule has 13 heavy (non-hydrogen) atoms. The molecule has 0 spiro atoms. The van der Waals surface area contributed by atoms with Crippen LogP contribution < -0.4 is 0 Å². The summed E-state index contributed by atoms with van der Waals surface area (Å²) >= 11 is -0.953. The van der Waals surface area contributed by atoms with Gasteiger partial charge in [0.2, 0.25) is 0 Å². The van der Waals surface area contributed by atoms with Gasteiger partial charge in [0.1, 0.15) is 12.9 Å². The van der Waals surface area contributed by atoms with Gasteiger partial charge in [-0.05, 0) is 28.9 Å². The molecule has 0 saturated carbocycles. The Hall–Kier alpha value is -1.00. The van der Waals surface area contributed by atoms with E-state index < -0.39 is 11.2 Å². The Morgan fingerprint density at radius 3 is 2.54 bits per heavy atom. The zero-order valence-electron chi connectivity index (χ0n) is 7.23. The molecule has 0 fully saturated rings. The number of hydrogen-bond donors (Lipinski definition) is 0. The first-order valence-electron chi connectivity index (χ1n) is 3.71. The third-order valence-corrected chi connectivity index (χ3v) is 2.51. The molecule has 0 bridgehead atoms. The molecule has 70 valence electrons. The van der Waals surface area contributed by atoms with Crippen LogP contribution in [0, 0.1) is 0 Å². The van der Waals surface area contributed by atoms with Gasteiger partial charge in [-0.15, -0.1) is 0 Å². The van der Waals surface area contributed by atoms with E-state index in [0.717, 1.165) is 10.5 Å². The van der Waals surface area contributed by atoms with E-state index >= 15 is 0 Å². The van der Waals surface area contributed by atoms with E-state index in [9.17, 15) is 9.35 Å². The van der Waals surface area contributed by atoms with Crippen LogP contribution in [0.3, 0.4) is 0 Å². The Bertz CT molecular complexity index is 269. The van der Waals surface area contributed by atoms with E-state index in [1.165, 1.54) is 0 Å². The average Bonchev–Trinajstić information content (AvgIpc) is 2.15. The number of carbonyl (C=O) groups excluding carboxylic acids is 1. The summed E-state index contributed by atoms with van der Waals surface area (Å²) in [6.07, 6.45) is 1.62. The minimum Gasteiger partial charge on any atom is -0.612 e. The van der Waals surface area contributed by atoms with Gasteiger partial charge in [0, 0.05) is 0 Å². The first-order valence-corrected chi connectivity index (χ1v) is 5.27.